The largest absolute Gasteiger partial charge is 0.480 e. The predicted molar refractivity (Wildman–Crippen MR) is 183 cm³/mol. The number of aromatic nitrogens is 4. The highest BCUT2D eigenvalue weighted by Gasteiger charge is 2.23. The van der Waals surface area contributed by atoms with Crippen molar-refractivity contribution < 1.29 is 23.5 Å². The van der Waals surface area contributed by atoms with Crippen molar-refractivity contribution in [2.75, 3.05) is 20.8 Å². The first-order chi connectivity index (χ1) is 23.3. The third kappa shape index (κ3) is 7.55. The van der Waals surface area contributed by atoms with Crippen molar-refractivity contribution in [3.63, 3.8) is 0 Å². The standard InChI is InChI=1S/C36H38BrFN6O4/c1-47-35-28(11-3-6-22-13-15-32(46)42-22)40-19-29(43-35)26-9-4-7-24(33(26)37)25-8-5-10-27(34(25)38)30-20-41-31(36(44-30)48-2)18-39-17-21-12-14-23(45)16-21/h4-5,7-10,19-22,39H,3,6,11-18H2,1-2H3,(H,42,46)/t21-,22-/m1/s1. The lowest BCUT2D eigenvalue weighted by molar-refractivity contribution is -0.119. The third-order valence-electron chi connectivity index (χ3n) is 8.97. The predicted octanol–water partition coefficient (Wildman–Crippen LogP) is 6.25. The summed E-state index contributed by atoms with van der Waals surface area (Å²) in [6, 6.07) is 11.0. The number of aryl methyl sites for hydroxylation is 1. The molecule has 1 saturated carbocycles. The van der Waals surface area contributed by atoms with Gasteiger partial charge in [0.25, 0.3) is 0 Å². The first-order valence-electron chi connectivity index (χ1n) is 16.2. The number of carbonyl (C=O) groups excluding carboxylic acids is 2. The van der Waals surface area contributed by atoms with Crippen molar-refractivity contribution in [1.29, 1.82) is 0 Å². The van der Waals surface area contributed by atoms with E-state index in [2.05, 4.69) is 41.5 Å². The summed E-state index contributed by atoms with van der Waals surface area (Å²) in [5.41, 5.74) is 4.36. The molecule has 4 aromatic rings. The Labute approximate surface area is 287 Å². The fraction of sp³-hybridized carbons (Fsp3) is 0.389. The molecule has 2 N–H and O–H groups in total. The summed E-state index contributed by atoms with van der Waals surface area (Å²) in [5, 5.41) is 6.36. The zero-order chi connectivity index (χ0) is 33.6. The Hall–Kier alpha value is -4.29. The van der Waals surface area contributed by atoms with Crippen molar-refractivity contribution in [2.45, 2.75) is 64.0 Å². The van der Waals surface area contributed by atoms with Crippen LogP contribution in [0.25, 0.3) is 33.6 Å². The lowest BCUT2D eigenvalue weighted by Crippen LogP contribution is -2.25. The van der Waals surface area contributed by atoms with E-state index in [4.69, 9.17) is 14.5 Å². The van der Waals surface area contributed by atoms with E-state index in [1.807, 2.05) is 18.2 Å². The average Bonchev–Trinajstić information content (AvgIpc) is 3.72. The minimum absolute atomic E-state index is 0.114. The second-order valence-corrected chi connectivity index (χ2v) is 13.0. The highest BCUT2D eigenvalue weighted by Crippen LogP contribution is 2.39. The van der Waals surface area contributed by atoms with E-state index >= 15 is 4.39 Å². The van der Waals surface area contributed by atoms with Crippen molar-refractivity contribution in [3.05, 3.63) is 70.5 Å². The normalized spacial score (nSPS) is 17.5. The molecule has 0 spiro atoms. The molecule has 48 heavy (non-hydrogen) atoms. The quantitative estimate of drug-likeness (QED) is 0.165. The van der Waals surface area contributed by atoms with Crippen molar-refractivity contribution in [1.82, 2.24) is 30.6 Å². The fourth-order valence-electron chi connectivity index (χ4n) is 6.42. The number of amides is 1. The fourth-order valence-corrected chi connectivity index (χ4v) is 7.10. The van der Waals surface area contributed by atoms with Gasteiger partial charge in [0.05, 0.1) is 38.0 Å². The van der Waals surface area contributed by atoms with Gasteiger partial charge in [-0.05, 0) is 72.1 Å². The number of Topliss-reactive ketones (excluding diaryl/α,β-unsaturated/α-hetero) is 1. The van der Waals surface area contributed by atoms with Crippen LogP contribution < -0.4 is 20.1 Å². The van der Waals surface area contributed by atoms with E-state index in [0.29, 0.717) is 100 Å². The van der Waals surface area contributed by atoms with Crippen molar-refractivity contribution in [3.8, 4) is 45.4 Å². The number of nitrogens with one attached hydrogen (secondary N) is 2. The molecule has 2 aromatic heterocycles. The minimum atomic E-state index is -0.444. The van der Waals surface area contributed by atoms with Gasteiger partial charge in [-0.15, -0.1) is 0 Å². The highest BCUT2D eigenvalue weighted by atomic mass is 79.9. The Morgan fingerprint density at radius 2 is 1.56 bits per heavy atom. The van der Waals surface area contributed by atoms with Gasteiger partial charge in [0.2, 0.25) is 17.7 Å². The number of ketones is 1. The molecule has 10 nitrogen and oxygen atoms in total. The van der Waals surface area contributed by atoms with E-state index < -0.39 is 5.82 Å². The molecule has 3 heterocycles. The molecule has 1 aliphatic carbocycles. The lowest BCUT2D eigenvalue weighted by atomic mass is 9.98. The Morgan fingerprint density at radius 1 is 0.896 bits per heavy atom. The average molecular weight is 718 g/mol. The van der Waals surface area contributed by atoms with E-state index in [9.17, 15) is 9.59 Å². The number of carbonyl (C=O) groups is 2. The maximum absolute atomic E-state index is 16.3. The van der Waals surface area contributed by atoms with Crippen molar-refractivity contribution in [2.24, 2.45) is 5.92 Å². The molecule has 2 aliphatic rings. The summed E-state index contributed by atoms with van der Waals surface area (Å²) in [5.74, 6) is 1.08. The van der Waals surface area contributed by atoms with Crippen LogP contribution in [0, 0.1) is 11.7 Å². The van der Waals surface area contributed by atoms with Gasteiger partial charge < -0.3 is 20.1 Å². The van der Waals surface area contributed by atoms with Crippen LogP contribution in [0.15, 0.2) is 53.3 Å². The molecule has 2 fully saturated rings. The maximum atomic E-state index is 16.3. The molecular weight excluding hydrogens is 679 g/mol. The molecule has 12 heteroatoms. The van der Waals surface area contributed by atoms with Gasteiger partial charge in [0, 0.05) is 53.0 Å². The number of methoxy groups -OCH3 is 2. The van der Waals surface area contributed by atoms with Gasteiger partial charge in [-0.2, -0.15) is 0 Å². The number of hydrogen-bond donors (Lipinski definition) is 2. The number of hydrogen-bond acceptors (Lipinski definition) is 9. The summed E-state index contributed by atoms with van der Waals surface area (Å²) in [6.07, 6.45) is 9.28. The second kappa shape index (κ2) is 15.3. The number of rotatable bonds is 13. The molecule has 0 bridgehead atoms. The number of nitrogens with zero attached hydrogens (tertiary/aromatic N) is 4. The summed E-state index contributed by atoms with van der Waals surface area (Å²) in [6.45, 7) is 1.14. The first-order valence-corrected chi connectivity index (χ1v) is 17.0. The van der Waals surface area contributed by atoms with Crippen LogP contribution >= 0.6 is 15.9 Å². The SMILES string of the molecule is COc1nc(-c2cccc(-c3cccc(-c4cnc(CCC[C@@H]5CCC(=O)N5)c(OC)n4)c3Br)c2F)cnc1CNC[C@@H]1CCC(=O)C1. The summed E-state index contributed by atoms with van der Waals surface area (Å²) < 4.78 is 28.1. The molecule has 250 valence electrons. The zero-order valence-electron chi connectivity index (χ0n) is 27.0. The van der Waals surface area contributed by atoms with E-state index in [1.165, 1.54) is 7.11 Å². The van der Waals surface area contributed by atoms with Crippen LogP contribution in [0.3, 0.4) is 0 Å². The van der Waals surface area contributed by atoms with Gasteiger partial charge in [0.1, 0.15) is 23.0 Å². The second-order valence-electron chi connectivity index (χ2n) is 12.2. The van der Waals surface area contributed by atoms with Gasteiger partial charge in [0.15, 0.2) is 0 Å². The van der Waals surface area contributed by atoms with Gasteiger partial charge in [-0.3, -0.25) is 19.6 Å². The molecule has 1 amide bonds. The van der Waals surface area contributed by atoms with E-state index in [0.717, 1.165) is 36.9 Å². The van der Waals surface area contributed by atoms with E-state index in [1.54, 1.807) is 37.7 Å². The van der Waals surface area contributed by atoms with E-state index in [-0.39, 0.29) is 11.9 Å². The van der Waals surface area contributed by atoms with Crippen LogP contribution in [0.1, 0.15) is 56.3 Å². The van der Waals surface area contributed by atoms with Crippen LogP contribution in [-0.4, -0.2) is 58.4 Å². The highest BCUT2D eigenvalue weighted by molar-refractivity contribution is 9.10. The van der Waals surface area contributed by atoms with Crippen LogP contribution in [-0.2, 0) is 22.6 Å². The smallest absolute Gasteiger partial charge is 0.237 e. The van der Waals surface area contributed by atoms with Crippen molar-refractivity contribution >= 4 is 27.6 Å². The lowest BCUT2D eigenvalue weighted by Gasteiger charge is -2.15. The number of benzene rings is 2. The summed E-state index contributed by atoms with van der Waals surface area (Å²) in [4.78, 5) is 41.7. The van der Waals surface area contributed by atoms with Crippen LogP contribution in [0.2, 0.25) is 0 Å². The summed E-state index contributed by atoms with van der Waals surface area (Å²) in [7, 11) is 3.09. The Morgan fingerprint density at radius 3 is 2.25 bits per heavy atom. The Balaban J connectivity index is 1.20. The molecule has 1 aliphatic heterocycles. The monoisotopic (exact) mass is 716 g/mol. The van der Waals surface area contributed by atoms with Gasteiger partial charge in [-0.1, -0.05) is 30.3 Å². The zero-order valence-corrected chi connectivity index (χ0v) is 28.6. The maximum Gasteiger partial charge on any atom is 0.237 e. The van der Waals surface area contributed by atoms with Gasteiger partial charge >= 0.3 is 0 Å². The Kier molecular flexibility index (Phi) is 10.7. The molecule has 0 unspecified atom stereocenters. The summed E-state index contributed by atoms with van der Waals surface area (Å²) >= 11 is 3.72. The molecule has 0 radical (unpaired) electrons. The number of halogens is 2. The van der Waals surface area contributed by atoms with Crippen LogP contribution in [0.5, 0.6) is 11.8 Å². The minimum Gasteiger partial charge on any atom is -0.480 e. The van der Waals surface area contributed by atoms with Crippen LogP contribution in [0.4, 0.5) is 4.39 Å². The molecular formula is C36H38BrFN6O4. The first kappa shape index (κ1) is 33.6. The third-order valence-corrected chi connectivity index (χ3v) is 9.83. The molecule has 2 aromatic carbocycles. The topological polar surface area (TPSA) is 128 Å². The molecule has 6 rings (SSSR count). The molecule has 2 atom stereocenters. The number of ether oxygens (including phenoxy) is 2. The van der Waals surface area contributed by atoms with Gasteiger partial charge in [-0.25, -0.2) is 14.4 Å². The Bertz CT molecular complexity index is 1690. The molecule has 1 saturated heterocycles.